The Hall–Kier alpha value is 0.0400. The van der Waals surface area contributed by atoms with E-state index in [1.807, 2.05) is 18.7 Å². The zero-order valence-electron chi connectivity index (χ0n) is 11.1. The number of halogens is 3. The highest BCUT2D eigenvalue weighted by molar-refractivity contribution is 8.00. The summed E-state index contributed by atoms with van der Waals surface area (Å²) < 4.78 is 13.9. The number of rotatable bonds is 5. The third kappa shape index (κ3) is 3.38. The van der Waals surface area contributed by atoms with Gasteiger partial charge in [0.15, 0.2) is 0 Å². The Morgan fingerprint density at radius 1 is 1.37 bits per heavy atom. The standard InChI is InChI=1S/C14H18Cl2FNS/c1-9(18-8-14(19-2)4-3-5-14)10-6-13(17)12(16)7-11(10)15/h6-7,9,18H,3-5,8H2,1-2H3. The van der Waals surface area contributed by atoms with E-state index in [-0.39, 0.29) is 11.1 Å². The fraction of sp³-hybridized carbons (Fsp3) is 0.571. The Morgan fingerprint density at radius 3 is 2.58 bits per heavy atom. The summed E-state index contributed by atoms with van der Waals surface area (Å²) in [5.74, 6) is -0.419. The molecule has 1 fully saturated rings. The molecule has 1 saturated carbocycles. The lowest BCUT2D eigenvalue weighted by molar-refractivity contribution is 0.334. The van der Waals surface area contributed by atoms with E-state index < -0.39 is 5.82 Å². The minimum atomic E-state index is -0.419. The van der Waals surface area contributed by atoms with Gasteiger partial charge in [-0.1, -0.05) is 29.6 Å². The largest absolute Gasteiger partial charge is 0.309 e. The molecule has 1 nitrogen and oxygen atoms in total. The van der Waals surface area contributed by atoms with Gasteiger partial charge in [0, 0.05) is 22.4 Å². The predicted octanol–water partition coefficient (Wildman–Crippen LogP) is 5.07. The molecule has 106 valence electrons. The lowest BCUT2D eigenvalue weighted by Gasteiger charge is -2.41. The molecule has 19 heavy (non-hydrogen) atoms. The Labute approximate surface area is 128 Å². The molecule has 0 radical (unpaired) electrons. The van der Waals surface area contributed by atoms with Crippen molar-refractivity contribution in [2.45, 2.75) is 37.0 Å². The third-order valence-corrected chi connectivity index (χ3v) is 5.97. The fourth-order valence-electron chi connectivity index (χ4n) is 2.34. The van der Waals surface area contributed by atoms with Crippen LogP contribution in [-0.4, -0.2) is 17.5 Å². The van der Waals surface area contributed by atoms with Crippen molar-refractivity contribution >= 4 is 35.0 Å². The summed E-state index contributed by atoms with van der Waals surface area (Å²) in [6.07, 6.45) is 5.95. The van der Waals surface area contributed by atoms with E-state index in [1.54, 1.807) is 0 Å². The Morgan fingerprint density at radius 2 is 2.05 bits per heavy atom. The van der Waals surface area contributed by atoms with Gasteiger partial charge in [0.25, 0.3) is 0 Å². The number of hydrogen-bond acceptors (Lipinski definition) is 2. The molecule has 1 unspecified atom stereocenters. The molecule has 2 rings (SSSR count). The molecule has 1 aromatic carbocycles. The molecule has 1 aromatic rings. The zero-order valence-corrected chi connectivity index (χ0v) is 13.4. The maximum Gasteiger partial charge on any atom is 0.142 e. The van der Waals surface area contributed by atoms with E-state index in [9.17, 15) is 4.39 Å². The topological polar surface area (TPSA) is 12.0 Å². The maximum atomic E-state index is 13.5. The van der Waals surface area contributed by atoms with Gasteiger partial charge in [0.1, 0.15) is 5.82 Å². The minimum Gasteiger partial charge on any atom is -0.309 e. The van der Waals surface area contributed by atoms with Crippen LogP contribution in [0.5, 0.6) is 0 Å². The molecule has 0 amide bonds. The highest BCUT2D eigenvalue weighted by Crippen LogP contribution is 2.42. The van der Waals surface area contributed by atoms with Crippen LogP contribution in [-0.2, 0) is 0 Å². The molecule has 1 aliphatic carbocycles. The van der Waals surface area contributed by atoms with E-state index in [4.69, 9.17) is 23.2 Å². The quantitative estimate of drug-likeness (QED) is 0.760. The van der Waals surface area contributed by atoms with Crippen LogP contribution >= 0.6 is 35.0 Å². The SMILES string of the molecule is CSC1(CNC(C)c2cc(F)c(Cl)cc2Cl)CCC1. The number of hydrogen-bond donors (Lipinski definition) is 1. The first-order valence-electron chi connectivity index (χ1n) is 6.40. The summed E-state index contributed by atoms with van der Waals surface area (Å²) in [5, 5.41) is 4.05. The highest BCUT2D eigenvalue weighted by atomic mass is 35.5. The Bertz CT molecular complexity index is 457. The third-order valence-electron chi connectivity index (χ3n) is 3.93. The van der Waals surface area contributed by atoms with Gasteiger partial charge in [-0.05, 0) is 43.7 Å². The summed E-state index contributed by atoms with van der Waals surface area (Å²) in [6, 6.07) is 2.91. The Balaban J connectivity index is 2.03. The highest BCUT2D eigenvalue weighted by Gasteiger charge is 2.36. The van der Waals surface area contributed by atoms with Crippen LogP contribution in [0.3, 0.4) is 0 Å². The first kappa shape index (κ1) is 15.4. The molecular formula is C14H18Cl2FNS. The van der Waals surface area contributed by atoms with Crippen molar-refractivity contribution in [2.75, 3.05) is 12.8 Å². The average molecular weight is 322 g/mol. The van der Waals surface area contributed by atoms with Crippen LogP contribution in [0.25, 0.3) is 0 Å². The second-order valence-corrected chi connectivity index (χ2v) is 7.22. The molecule has 1 atom stereocenters. The van der Waals surface area contributed by atoms with Crippen LogP contribution in [0.4, 0.5) is 4.39 Å². The maximum absolute atomic E-state index is 13.5. The van der Waals surface area contributed by atoms with Crippen LogP contribution in [0.1, 0.15) is 37.8 Å². The van der Waals surface area contributed by atoms with Crippen molar-refractivity contribution in [3.8, 4) is 0 Å². The van der Waals surface area contributed by atoms with Gasteiger partial charge in [-0.25, -0.2) is 4.39 Å². The number of thioether (sulfide) groups is 1. The lowest BCUT2D eigenvalue weighted by Crippen LogP contribution is -2.44. The normalized spacial score (nSPS) is 19.0. The van der Waals surface area contributed by atoms with Gasteiger partial charge in [0.05, 0.1) is 5.02 Å². The van der Waals surface area contributed by atoms with Gasteiger partial charge >= 0.3 is 0 Å². The number of benzene rings is 1. The fourth-order valence-corrected chi connectivity index (χ4v) is 3.81. The van der Waals surface area contributed by atoms with Crippen molar-refractivity contribution in [3.63, 3.8) is 0 Å². The summed E-state index contributed by atoms with van der Waals surface area (Å²) in [5.41, 5.74) is 0.763. The molecule has 1 aliphatic rings. The molecular weight excluding hydrogens is 304 g/mol. The summed E-state index contributed by atoms with van der Waals surface area (Å²) in [6.45, 7) is 2.93. The second kappa shape index (κ2) is 6.21. The molecule has 0 spiro atoms. The molecule has 0 heterocycles. The molecule has 5 heteroatoms. The van der Waals surface area contributed by atoms with E-state index in [1.165, 1.54) is 31.4 Å². The summed E-state index contributed by atoms with van der Waals surface area (Å²) >= 11 is 13.8. The molecule has 0 aromatic heterocycles. The van der Waals surface area contributed by atoms with Crippen molar-refractivity contribution in [1.82, 2.24) is 5.32 Å². The number of nitrogens with one attached hydrogen (secondary N) is 1. The van der Waals surface area contributed by atoms with Crippen LogP contribution in [0.15, 0.2) is 12.1 Å². The van der Waals surface area contributed by atoms with Crippen molar-refractivity contribution in [1.29, 1.82) is 0 Å². The van der Waals surface area contributed by atoms with E-state index >= 15 is 0 Å². The van der Waals surface area contributed by atoms with Gasteiger partial charge in [-0.3, -0.25) is 0 Å². The minimum absolute atomic E-state index is 0.0175. The monoisotopic (exact) mass is 321 g/mol. The van der Waals surface area contributed by atoms with Gasteiger partial charge in [0.2, 0.25) is 0 Å². The van der Waals surface area contributed by atoms with E-state index in [0.29, 0.717) is 9.77 Å². The molecule has 0 bridgehead atoms. The zero-order chi connectivity index (χ0) is 14.0. The van der Waals surface area contributed by atoms with Crippen molar-refractivity contribution in [2.24, 2.45) is 0 Å². The van der Waals surface area contributed by atoms with Crippen LogP contribution in [0.2, 0.25) is 10.0 Å². The Kier molecular flexibility index (Phi) is 5.04. The van der Waals surface area contributed by atoms with Gasteiger partial charge < -0.3 is 5.32 Å². The van der Waals surface area contributed by atoms with Crippen molar-refractivity contribution in [3.05, 3.63) is 33.6 Å². The van der Waals surface area contributed by atoms with Crippen LogP contribution in [0, 0.1) is 5.82 Å². The smallest absolute Gasteiger partial charge is 0.142 e. The molecule has 1 N–H and O–H groups in total. The average Bonchev–Trinajstić information content (AvgIpc) is 2.32. The van der Waals surface area contributed by atoms with Gasteiger partial charge in [-0.2, -0.15) is 11.8 Å². The first-order chi connectivity index (χ1) is 8.97. The summed E-state index contributed by atoms with van der Waals surface area (Å²) in [4.78, 5) is 0. The van der Waals surface area contributed by atoms with E-state index in [2.05, 4.69) is 11.6 Å². The van der Waals surface area contributed by atoms with Crippen molar-refractivity contribution < 1.29 is 4.39 Å². The van der Waals surface area contributed by atoms with Crippen LogP contribution < -0.4 is 5.32 Å². The molecule has 0 saturated heterocycles. The van der Waals surface area contributed by atoms with Gasteiger partial charge in [-0.15, -0.1) is 0 Å². The van der Waals surface area contributed by atoms with E-state index in [0.717, 1.165) is 12.1 Å². The molecule has 0 aliphatic heterocycles. The lowest BCUT2D eigenvalue weighted by atomic mass is 9.84. The second-order valence-electron chi connectivity index (χ2n) is 5.13. The predicted molar refractivity (Wildman–Crippen MR) is 82.9 cm³/mol. The summed E-state index contributed by atoms with van der Waals surface area (Å²) in [7, 11) is 0. The first-order valence-corrected chi connectivity index (χ1v) is 8.38.